The van der Waals surface area contributed by atoms with E-state index in [-0.39, 0.29) is 5.91 Å². The summed E-state index contributed by atoms with van der Waals surface area (Å²) >= 11 is 0. The van der Waals surface area contributed by atoms with Crippen molar-refractivity contribution in [2.45, 2.75) is 25.8 Å². The van der Waals surface area contributed by atoms with E-state index in [9.17, 15) is 4.79 Å². The Balaban J connectivity index is 1.25. The summed E-state index contributed by atoms with van der Waals surface area (Å²) in [6, 6.07) is 18.1. The van der Waals surface area contributed by atoms with Gasteiger partial charge < -0.3 is 14.1 Å². The van der Waals surface area contributed by atoms with Crippen LogP contribution in [0.25, 0.3) is 11.3 Å². The van der Waals surface area contributed by atoms with Gasteiger partial charge in [-0.25, -0.2) is 4.98 Å². The Morgan fingerprint density at radius 1 is 1.03 bits per heavy atom. The molecule has 1 aliphatic heterocycles. The van der Waals surface area contributed by atoms with Gasteiger partial charge in [0.1, 0.15) is 5.75 Å². The first-order valence-corrected chi connectivity index (χ1v) is 10.8. The molecule has 1 amide bonds. The van der Waals surface area contributed by atoms with Crippen LogP contribution < -0.4 is 4.74 Å². The summed E-state index contributed by atoms with van der Waals surface area (Å²) < 4.78 is 11.1. The summed E-state index contributed by atoms with van der Waals surface area (Å²) in [6.45, 7) is 4.34. The van der Waals surface area contributed by atoms with Crippen LogP contribution in [0.1, 0.15) is 24.3 Å². The van der Waals surface area contributed by atoms with Crippen LogP contribution in [0.2, 0.25) is 0 Å². The van der Waals surface area contributed by atoms with Gasteiger partial charge in [0.2, 0.25) is 5.91 Å². The standard InChI is InChI=1S/C25H29N3O3/c1-30-22-10-8-20(9-11-22)19-27-14-5-15-28(17-16-27)25(29)13-12-24-26-18-23(31-24)21-6-3-2-4-7-21/h2-4,6-11,18H,5,12-17,19H2,1H3. The maximum Gasteiger partial charge on any atom is 0.223 e. The number of benzene rings is 2. The Hall–Kier alpha value is -3.12. The lowest BCUT2D eigenvalue weighted by molar-refractivity contribution is -0.131. The summed E-state index contributed by atoms with van der Waals surface area (Å²) in [5, 5.41) is 0. The van der Waals surface area contributed by atoms with E-state index in [1.54, 1.807) is 13.3 Å². The first-order chi connectivity index (χ1) is 15.2. The molecular formula is C25H29N3O3. The predicted molar refractivity (Wildman–Crippen MR) is 120 cm³/mol. The quantitative estimate of drug-likeness (QED) is 0.579. The van der Waals surface area contributed by atoms with E-state index >= 15 is 0 Å². The van der Waals surface area contributed by atoms with E-state index < -0.39 is 0 Å². The molecule has 31 heavy (non-hydrogen) atoms. The van der Waals surface area contributed by atoms with Crippen LogP contribution in [-0.2, 0) is 17.8 Å². The summed E-state index contributed by atoms with van der Waals surface area (Å²) in [5.41, 5.74) is 2.26. The molecule has 4 rings (SSSR count). The Morgan fingerprint density at radius 3 is 2.61 bits per heavy atom. The van der Waals surface area contributed by atoms with E-state index in [1.165, 1.54) is 5.56 Å². The molecule has 162 valence electrons. The SMILES string of the molecule is COc1ccc(CN2CCCN(C(=O)CCc3ncc(-c4ccccc4)o3)CC2)cc1. The number of ether oxygens (including phenoxy) is 1. The van der Waals surface area contributed by atoms with Crippen molar-refractivity contribution in [3.8, 4) is 17.1 Å². The molecular weight excluding hydrogens is 390 g/mol. The fourth-order valence-corrected chi connectivity index (χ4v) is 3.90. The molecule has 0 spiro atoms. The third-order valence-corrected chi connectivity index (χ3v) is 5.67. The lowest BCUT2D eigenvalue weighted by atomic mass is 10.2. The van der Waals surface area contributed by atoms with Crippen molar-refractivity contribution in [3.05, 3.63) is 72.2 Å². The Bertz CT molecular complexity index is 969. The number of aryl methyl sites for hydroxylation is 1. The van der Waals surface area contributed by atoms with Crippen molar-refractivity contribution in [1.29, 1.82) is 0 Å². The smallest absolute Gasteiger partial charge is 0.223 e. The van der Waals surface area contributed by atoms with Crippen molar-refractivity contribution in [2.75, 3.05) is 33.3 Å². The number of carbonyl (C=O) groups is 1. The fraction of sp³-hybridized carbons (Fsp3) is 0.360. The van der Waals surface area contributed by atoms with Crippen molar-refractivity contribution in [1.82, 2.24) is 14.8 Å². The third kappa shape index (κ3) is 5.73. The van der Waals surface area contributed by atoms with E-state index in [1.807, 2.05) is 47.4 Å². The number of nitrogens with zero attached hydrogens (tertiary/aromatic N) is 3. The van der Waals surface area contributed by atoms with Crippen LogP contribution in [0.15, 0.2) is 65.2 Å². The lowest BCUT2D eigenvalue weighted by Crippen LogP contribution is -2.35. The molecule has 0 aliphatic carbocycles. The molecule has 1 aromatic heterocycles. The maximum atomic E-state index is 12.8. The second-order valence-corrected chi connectivity index (χ2v) is 7.84. The van der Waals surface area contributed by atoms with Crippen LogP contribution in [0.4, 0.5) is 0 Å². The predicted octanol–water partition coefficient (Wildman–Crippen LogP) is 4.02. The minimum atomic E-state index is 0.172. The minimum absolute atomic E-state index is 0.172. The van der Waals surface area contributed by atoms with Crippen molar-refractivity contribution in [2.24, 2.45) is 0 Å². The Morgan fingerprint density at radius 2 is 1.84 bits per heavy atom. The van der Waals surface area contributed by atoms with E-state index in [4.69, 9.17) is 9.15 Å². The van der Waals surface area contributed by atoms with E-state index in [2.05, 4.69) is 22.0 Å². The fourth-order valence-electron chi connectivity index (χ4n) is 3.90. The van der Waals surface area contributed by atoms with Crippen LogP contribution in [0, 0.1) is 0 Å². The molecule has 0 radical (unpaired) electrons. The zero-order chi connectivity index (χ0) is 21.5. The van der Waals surface area contributed by atoms with Crippen LogP contribution in [0.5, 0.6) is 5.75 Å². The molecule has 2 heterocycles. The number of carbonyl (C=O) groups excluding carboxylic acids is 1. The first-order valence-electron chi connectivity index (χ1n) is 10.8. The van der Waals surface area contributed by atoms with Gasteiger partial charge in [-0.2, -0.15) is 0 Å². The van der Waals surface area contributed by atoms with Crippen LogP contribution in [0.3, 0.4) is 0 Å². The van der Waals surface area contributed by atoms with Crippen molar-refractivity contribution < 1.29 is 13.9 Å². The monoisotopic (exact) mass is 419 g/mol. The van der Waals surface area contributed by atoms with Gasteiger partial charge in [-0.1, -0.05) is 42.5 Å². The summed E-state index contributed by atoms with van der Waals surface area (Å²) in [5.74, 6) is 2.40. The van der Waals surface area contributed by atoms with Crippen molar-refractivity contribution >= 4 is 5.91 Å². The zero-order valence-electron chi connectivity index (χ0n) is 18.0. The molecule has 1 aliphatic rings. The molecule has 0 saturated carbocycles. The number of methoxy groups -OCH3 is 1. The van der Waals surface area contributed by atoms with Gasteiger partial charge in [-0.05, 0) is 24.1 Å². The normalized spacial score (nSPS) is 14.9. The molecule has 1 fully saturated rings. The molecule has 0 bridgehead atoms. The minimum Gasteiger partial charge on any atom is -0.497 e. The third-order valence-electron chi connectivity index (χ3n) is 5.67. The highest BCUT2D eigenvalue weighted by Gasteiger charge is 2.20. The number of oxazole rings is 1. The topological polar surface area (TPSA) is 58.8 Å². The molecule has 0 atom stereocenters. The average molecular weight is 420 g/mol. The van der Waals surface area contributed by atoms with Crippen LogP contribution in [-0.4, -0.2) is 54.0 Å². The number of hydrogen-bond donors (Lipinski definition) is 0. The van der Waals surface area contributed by atoms with Crippen LogP contribution >= 0.6 is 0 Å². The summed E-state index contributed by atoms with van der Waals surface area (Å²) in [6.07, 6.45) is 3.67. The van der Waals surface area contributed by atoms with Crippen molar-refractivity contribution in [3.63, 3.8) is 0 Å². The number of rotatable bonds is 7. The van der Waals surface area contributed by atoms with Gasteiger partial charge in [-0.15, -0.1) is 0 Å². The van der Waals surface area contributed by atoms with Gasteiger partial charge in [-0.3, -0.25) is 9.69 Å². The molecule has 0 unspecified atom stereocenters. The number of amides is 1. The average Bonchev–Trinajstić information content (AvgIpc) is 3.17. The molecule has 1 saturated heterocycles. The van der Waals surface area contributed by atoms with Gasteiger partial charge in [0, 0.05) is 51.1 Å². The van der Waals surface area contributed by atoms with Gasteiger partial charge in [0.15, 0.2) is 11.7 Å². The second-order valence-electron chi connectivity index (χ2n) is 7.84. The molecule has 6 nitrogen and oxygen atoms in total. The lowest BCUT2D eigenvalue weighted by Gasteiger charge is -2.22. The number of hydrogen-bond acceptors (Lipinski definition) is 5. The Kier molecular flexibility index (Phi) is 6.99. The van der Waals surface area contributed by atoms with Gasteiger partial charge >= 0.3 is 0 Å². The van der Waals surface area contributed by atoms with Gasteiger partial charge in [0.05, 0.1) is 13.3 Å². The summed E-state index contributed by atoms with van der Waals surface area (Å²) in [7, 11) is 1.68. The molecule has 6 heteroatoms. The zero-order valence-corrected chi connectivity index (χ0v) is 18.0. The highest BCUT2D eigenvalue weighted by molar-refractivity contribution is 5.76. The number of aromatic nitrogens is 1. The largest absolute Gasteiger partial charge is 0.497 e. The second kappa shape index (κ2) is 10.3. The molecule has 3 aromatic rings. The first kappa shape index (κ1) is 21.1. The highest BCUT2D eigenvalue weighted by atomic mass is 16.5. The summed E-state index contributed by atoms with van der Waals surface area (Å²) in [4.78, 5) is 21.5. The van der Waals surface area contributed by atoms with E-state index in [0.29, 0.717) is 18.7 Å². The molecule has 0 N–H and O–H groups in total. The maximum absolute atomic E-state index is 12.8. The molecule has 2 aromatic carbocycles. The highest BCUT2D eigenvalue weighted by Crippen LogP contribution is 2.20. The van der Waals surface area contributed by atoms with E-state index in [0.717, 1.165) is 56.2 Å². The Labute approximate surface area is 183 Å². The van der Waals surface area contributed by atoms with Gasteiger partial charge in [0.25, 0.3) is 0 Å².